The average Bonchev–Trinajstić information content (AvgIpc) is 3.35. The van der Waals surface area contributed by atoms with E-state index >= 15 is 0 Å². The van der Waals surface area contributed by atoms with E-state index in [2.05, 4.69) is 59.4 Å². The molecule has 1 saturated heterocycles. The Morgan fingerprint density at radius 3 is 2.53 bits per heavy atom. The Labute approximate surface area is 198 Å². The molecule has 2 aliphatic rings. The lowest BCUT2D eigenvalue weighted by atomic mass is 9.91. The molecule has 6 rings (SSSR count). The standard InChI is InChI=1S/C25H28N8O/c1-34-23-15-18(9-10-26-23)24-27-16-22(25-28-17-29-33(24)25)30-19-5-7-21(8-6-19)32-13-11-31(12-14-32)20-3-2-4-20/h5-10,15-17,20,30H,2-4,11-14H2,1H3. The van der Waals surface area contributed by atoms with E-state index in [1.165, 1.54) is 31.3 Å². The molecule has 1 aliphatic carbocycles. The lowest BCUT2D eigenvalue weighted by molar-refractivity contribution is 0.120. The second-order valence-corrected chi connectivity index (χ2v) is 8.86. The van der Waals surface area contributed by atoms with E-state index < -0.39 is 0 Å². The molecule has 9 nitrogen and oxygen atoms in total. The lowest BCUT2D eigenvalue weighted by Gasteiger charge is -2.43. The van der Waals surface area contributed by atoms with Crippen molar-refractivity contribution >= 4 is 22.7 Å². The highest BCUT2D eigenvalue weighted by Gasteiger charge is 2.27. The van der Waals surface area contributed by atoms with Gasteiger partial charge in [-0.25, -0.2) is 15.0 Å². The predicted octanol–water partition coefficient (Wildman–Crippen LogP) is 3.61. The molecule has 9 heteroatoms. The van der Waals surface area contributed by atoms with E-state index in [0.29, 0.717) is 17.4 Å². The number of rotatable bonds is 6. The van der Waals surface area contributed by atoms with Crippen molar-refractivity contribution in [1.29, 1.82) is 0 Å². The van der Waals surface area contributed by atoms with Crippen molar-refractivity contribution in [1.82, 2.24) is 29.5 Å². The van der Waals surface area contributed by atoms with Gasteiger partial charge in [-0.05, 0) is 43.2 Å². The summed E-state index contributed by atoms with van der Waals surface area (Å²) >= 11 is 0. The molecule has 0 unspecified atom stereocenters. The zero-order valence-electron chi connectivity index (χ0n) is 19.3. The van der Waals surface area contributed by atoms with Gasteiger partial charge in [-0.1, -0.05) is 6.42 Å². The predicted molar refractivity (Wildman–Crippen MR) is 132 cm³/mol. The fourth-order valence-electron chi connectivity index (χ4n) is 4.77. The summed E-state index contributed by atoms with van der Waals surface area (Å²) in [6, 6.07) is 13.2. The third kappa shape index (κ3) is 3.92. The molecule has 4 heterocycles. The number of hydrogen-bond acceptors (Lipinski definition) is 8. The minimum atomic E-state index is 0.527. The number of piperazine rings is 1. The molecule has 2 fully saturated rings. The van der Waals surface area contributed by atoms with Crippen molar-refractivity contribution in [3.63, 3.8) is 0 Å². The van der Waals surface area contributed by atoms with Crippen LogP contribution < -0.4 is 15.0 Å². The lowest BCUT2D eigenvalue weighted by Crippen LogP contribution is -2.52. The molecule has 1 N–H and O–H groups in total. The Kier molecular flexibility index (Phi) is 5.46. The van der Waals surface area contributed by atoms with E-state index in [4.69, 9.17) is 4.74 Å². The molecular weight excluding hydrogens is 428 g/mol. The molecule has 1 saturated carbocycles. The molecular formula is C25H28N8O. The summed E-state index contributed by atoms with van der Waals surface area (Å²) in [6.07, 6.45) is 9.19. The Hall–Kier alpha value is -3.72. The van der Waals surface area contributed by atoms with Crippen molar-refractivity contribution in [2.24, 2.45) is 0 Å². The first kappa shape index (κ1) is 20.9. The Bertz CT molecular complexity index is 1280. The van der Waals surface area contributed by atoms with Crippen LogP contribution in [0.5, 0.6) is 5.88 Å². The third-order valence-electron chi connectivity index (χ3n) is 6.92. The Morgan fingerprint density at radius 2 is 1.79 bits per heavy atom. The van der Waals surface area contributed by atoms with E-state index in [1.807, 2.05) is 12.1 Å². The monoisotopic (exact) mass is 456 g/mol. The molecule has 1 aromatic carbocycles. The second-order valence-electron chi connectivity index (χ2n) is 8.86. The maximum absolute atomic E-state index is 5.25. The van der Waals surface area contributed by atoms with E-state index in [9.17, 15) is 0 Å². The molecule has 3 aromatic heterocycles. The fraction of sp³-hybridized carbons (Fsp3) is 0.360. The number of benzene rings is 1. The summed E-state index contributed by atoms with van der Waals surface area (Å²) in [7, 11) is 1.60. The van der Waals surface area contributed by atoms with Gasteiger partial charge >= 0.3 is 0 Å². The smallest absolute Gasteiger partial charge is 0.213 e. The van der Waals surface area contributed by atoms with Gasteiger partial charge in [0, 0.05) is 61.4 Å². The molecule has 0 atom stereocenters. The highest BCUT2D eigenvalue weighted by Crippen LogP contribution is 2.29. The van der Waals surface area contributed by atoms with Crippen molar-refractivity contribution in [3.05, 3.63) is 55.1 Å². The van der Waals surface area contributed by atoms with Crippen molar-refractivity contribution in [2.75, 3.05) is 43.5 Å². The van der Waals surface area contributed by atoms with Gasteiger partial charge in [0.2, 0.25) is 5.88 Å². The normalized spacial score (nSPS) is 17.0. The fourth-order valence-corrected chi connectivity index (χ4v) is 4.77. The van der Waals surface area contributed by atoms with Crippen molar-refractivity contribution < 1.29 is 4.74 Å². The maximum atomic E-state index is 5.25. The van der Waals surface area contributed by atoms with Crippen LogP contribution in [0.1, 0.15) is 19.3 Å². The van der Waals surface area contributed by atoms with Crippen LogP contribution >= 0.6 is 0 Å². The van der Waals surface area contributed by atoms with Crippen molar-refractivity contribution in [2.45, 2.75) is 25.3 Å². The van der Waals surface area contributed by atoms with Gasteiger partial charge in [0.1, 0.15) is 12.0 Å². The van der Waals surface area contributed by atoms with Gasteiger partial charge in [0.15, 0.2) is 11.5 Å². The molecule has 174 valence electrons. The molecule has 0 spiro atoms. The number of methoxy groups -OCH3 is 1. The van der Waals surface area contributed by atoms with Gasteiger partial charge in [0.25, 0.3) is 0 Å². The van der Waals surface area contributed by atoms with E-state index in [1.54, 1.807) is 24.0 Å². The topological polar surface area (TPSA) is 83.7 Å². The number of fused-ring (bicyclic) bond motifs is 1. The van der Waals surface area contributed by atoms with Crippen LogP contribution in [0.25, 0.3) is 17.0 Å². The number of nitrogens with one attached hydrogen (secondary N) is 1. The Balaban J connectivity index is 1.18. The molecule has 0 bridgehead atoms. The highest BCUT2D eigenvalue weighted by atomic mass is 16.5. The number of hydrogen-bond donors (Lipinski definition) is 1. The third-order valence-corrected chi connectivity index (χ3v) is 6.92. The van der Waals surface area contributed by atoms with Crippen molar-refractivity contribution in [3.8, 4) is 17.3 Å². The first-order valence-electron chi connectivity index (χ1n) is 11.8. The van der Waals surface area contributed by atoms with Crippen LogP contribution in [0.4, 0.5) is 17.1 Å². The van der Waals surface area contributed by atoms with Crippen LogP contribution in [0, 0.1) is 0 Å². The van der Waals surface area contributed by atoms with Gasteiger partial charge in [0.05, 0.1) is 13.3 Å². The molecule has 34 heavy (non-hydrogen) atoms. The largest absolute Gasteiger partial charge is 0.481 e. The summed E-state index contributed by atoms with van der Waals surface area (Å²) in [5.74, 6) is 1.20. The minimum Gasteiger partial charge on any atom is -0.481 e. The zero-order valence-corrected chi connectivity index (χ0v) is 19.3. The SMILES string of the molecule is COc1cc(-c2ncc(Nc3ccc(N4CCN(C5CCC5)CC4)cc3)c3ncnn23)ccn1. The van der Waals surface area contributed by atoms with Crippen LogP contribution in [0.15, 0.2) is 55.1 Å². The number of ether oxygens (including phenoxy) is 1. The zero-order chi connectivity index (χ0) is 22.9. The highest BCUT2D eigenvalue weighted by molar-refractivity contribution is 5.75. The minimum absolute atomic E-state index is 0.527. The second kappa shape index (κ2) is 8.90. The molecule has 0 radical (unpaired) electrons. The Morgan fingerprint density at radius 1 is 0.971 bits per heavy atom. The van der Waals surface area contributed by atoms with Gasteiger partial charge in [-0.3, -0.25) is 4.90 Å². The number of nitrogens with zero attached hydrogens (tertiary/aromatic N) is 7. The van der Waals surface area contributed by atoms with Crippen LogP contribution in [-0.4, -0.2) is 68.8 Å². The first-order chi connectivity index (χ1) is 16.8. The summed E-state index contributed by atoms with van der Waals surface area (Å²) in [5, 5.41) is 7.84. The quantitative estimate of drug-likeness (QED) is 0.471. The summed E-state index contributed by atoms with van der Waals surface area (Å²) in [5.41, 5.74) is 4.62. The average molecular weight is 457 g/mol. The van der Waals surface area contributed by atoms with Gasteiger partial charge < -0.3 is 15.0 Å². The first-order valence-corrected chi connectivity index (χ1v) is 11.8. The summed E-state index contributed by atoms with van der Waals surface area (Å²) < 4.78 is 6.98. The summed E-state index contributed by atoms with van der Waals surface area (Å²) in [6.45, 7) is 4.51. The summed E-state index contributed by atoms with van der Waals surface area (Å²) in [4.78, 5) is 18.4. The number of aromatic nitrogens is 5. The van der Waals surface area contributed by atoms with E-state index in [-0.39, 0.29) is 0 Å². The molecule has 4 aromatic rings. The molecule has 0 amide bonds. The van der Waals surface area contributed by atoms with Gasteiger partial charge in [-0.2, -0.15) is 9.61 Å². The van der Waals surface area contributed by atoms with Gasteiger partial charge in [-0.15, -0.1) is 0 Å². The molecule has 1 aliphatic heterocycles. The number of anilines is 3. The maximum Gasteiger partial charge on any atom is 0.213 e. The number of pyridine rings is 1. The van der Waals surface area contributed by atoms with E-state index in [0.717, 1.165) is 49.2 Å². The van der Waals surface area contributed by atoms with Crippen LogP contribution in [0.2, 0.25) is 0 Å². The van der Waals surface area contributed by atoms with Crippen LogP contribution in [-0.2, 0) is 0 Å². The van der Waals surface area contributed by atoms with Crippen LogP contribution in [0.3, 0.4) is 0 Å².